The number of hydrogen-bond acceptors (Lipinski definition) is 7. The SMILES string of the molecule is Cc1nc(CN2CCN(c3nccc(C#N)n3)CC2)sc1C. The van der Waals surface area contributed by atoms with Gasteiger partial charge in [-0.3, -0.25) is 4.90 Å². The smallest absolute Gasteiger partial charge is 0.226 e. The summed E-state index contributed by atoms with van der Waals surface area (Å²) in [6.07, 6.45) is 1.65. The van der Waals surface area contributed by atoms with E-state index in [0.29, 0.717) is 11.6 Å². The summed E-state index contributed by atoms with van der Waals surface area (Å²) in [5.74, 6) is 0.652. The van der Waals surface area contributed by atoms with Gasteiger partial charge >= 0.3 is 0 Å². The van der Waals surface area contributed by atoms with Crippen LogP contribution in [0.5, 0.6) is 0 Å². The highest BCUT2D eigenvalue weighted by molar-refractivity contribution is 7.11. The number of anilines is 1. The van der Waals surface area contributed by atoms with Gasteiger partial charge in [-0.25, -0.2) is 15.0 Å². The highest BCUT2D eigenvalue weighted by Gasteiger charge is 2.20. The fourth-order valence-electron chi connectivity index (χ4n) is 2.47. The summed E-state index contributed by atoms with van der Waals surface area (Å²) in [6.45, 7) is 8.75. The van der Waals surface area contributed by atoms with E-state index in [1.165, 1.54) is 9.88 Å². The topological polar surface area (TPSA) is 68.9 Å². The number of aryl methyl sites for hydroxylation is 2. The van der Waals surface area contributed by atoms with Gasteiger partial charge in [-0.1, -0.05) is 0 Å². The molecule has 0 bridgehead atoms. The maximum Gasteiger partial charge on any atom is 0.226 e. The van der Waals surface area contributed by atoms with Gasteiger partial charge in [0.15, 0.2) is 0 Å². The maximum atomic E-state index is 8.92. The van der Waals surface area contributed by atoms with E-state index in [0.717, 1.165) is 38.4 Å². The molecule has 2 aromatic heterocycles. The second kappa shape index (κ2) is 6.38. The van der Waals surface area contributed by atoms with Crippen LogP contribution in [0.3, 0.4) is 0 Å². The molecule has 3 rings (SSSR count). The lowest BCUT2D eigenvalue weighted by Gasteiger charge is -2.34. The van der Waals surface area contributed by atoms with E-state index < -0.39 is 0 Å². The Morgan fingerprint density at radius 2 is 2.00 bits per heavy atom. The molecule has 22 heavy (non-hydrogen) atoms. The van der Waals surface area contributed by atoms with Crippen LogP contribution < -0.4 is 4.90 Å². The lowest BCUT2D eigenvalue weighted by atomic mass is 10.3. The van der Waals surface area contributed by atoms with Gasteiger partial charge in [0.1, 0.15) is 16.8 Å². The van der Waals surface area contributed by atoms with Gasteiger partial charge in [-0.2, -0.15) is 5.26 Å². The maximum absolute atomic E-state index is 8.92. The van der Waals surface area contributed by atoms with E-state index in [1.807, 2.05) is 0 Å². The molecule has 1 fully saturated rings. The Balaban J connectivity index is 1.59. The number of hydrogen-bond donors (Lipinski definition) is 0. The molecular formula is C15H18N6S. The zero-order chi connectivity index (χ0) is 15.5. The van der Waals surface area contributed by atoms with Crippen molar-refractivity contribution in [2.24, 2.45) is 0 Å². The van der Waals surface area contributed by atoms with Gasteiger partial charge in [0, 0.05) is 37.3 Å². The van der Waals surface area contributed by atoms with Crippen molar-refractivity contribution in [3.05, 3.63) is 33.5 Å². The predicted molar refractivity (Wildman–Crippen MR) is 85.8 cm³/mol. The van der Waals surface area contributed by atoms with Crippen LogP contribution in [-0.2, 0) is 6.54 Å². The minimum atomic E-state index is 0.418. The third kappa shape index (κ3) is 3.24. The first-order valence-corrected chi connectivity index (χ1v) is 8.10. The highest BCUT2D eigenvalue weighted by atomic mass is 32.1. The van der Waals surface area contributed by atoms with Gasteiger partial charge < -0.3 is 4.90 Å². The molecule has 114 valence electrons. The standard InChI is InChI=1S/C15H18N6S/c1-11-12(2)22-14(18-11)10-20-5-7-21(8-6-20)15-17-4-3-13(9-16)19-15/h3-4H,5-8,10H2,1-2H3. The Hall–Kier alpha value is -2.04. The lowest BCUT2D eigenvalue weighted by molar-refractivity contribution is 0.248. The van der Waals surface area contributed by atoms with Crippen LogP contribution in [-0.4, -0.2) is 46.0 Å². The number of piperazine rings is 1. The first-order chi connectivity index (χ1) is 10.7. The van der Waals surface area contributed by atoms with Crippen molar-refractivity contribution in [1.29, 1.82) is 5.26 Å². The van der Waals surface area contributed by atoms with E-state index in [1.54, 1.807) is 23.6 Å². The van der Waals surface area contributed by atoms with E-state index >= 15 is 0 Å². The molecule has 0 unspecified atom stereocenters. The monoisotopic (exact) mass is 314 g/mol. The zero-order valence-corrected chi connectivity index (χ0v) is 13.6. The molecule has 1 aliphatic heterocycles. The highest BCUT2D eigenvalue weighted by Crippen LogP contribution is 2.19. The van der Waals surface area contributed by atoms with Gasteiger partial charge in [0.05, 0.1) is 12.2 Å². The van der Waals surface area contributed by atoms with Crippen molar-refractivity contribution in [1.82, 2.24) is 19.9 Å². The fraction of sp³-hybridized carbons (Fsp3) is 0.467. The molecule has 0 spiro atoms. The number of rotatable bonds is 3. The summed E-state index contributed by atoms with van der Waals surface area (Å²) in [6, 6.07) is 3.69. The summed E-state index contributed by atoms with van der Waals surface area (Å²) in [4.78, 5) is 19.0. The normalized spacial score (nSPS) is 15.8. The molecule has 0 N–H and O–H groups in total. The molecule has 0 aromatic carbocycles. The fourth-order valence-corrected chi connectivity index (χ4v) is 3.44. The Kier molecular flexibility index (Phi) is 4.32. The third-order valence-corrected chi connectivity index (χ3v) is 4.90. The average molecular weight is 314 g/mol. The van der Waals surface area contributed by atoms with Crippen molar-refractivity contribution >= 4 is 17.3 Å². The molecule has 3 heterocycles. The predicted octanol–water partition coefficient (Wildman–Crippen LogP) is 1.74. The second-order valence-electron chi connectivity index (χ2n) is 5.37. The van der Waals surface area contributed by atoms with Crippen molar-refractivity contribution in [3.63, 3.8) is 0 Å². The van der Waals surface area contributed by atoms with Crippen LogP contribution in [0.4, 0.5) is 5.95 Å². The molecule has 7 heteroatoms. The quantitative estimate of drug-likeness (QED) is 0.859. The molecule has 1 aliphatic rings. The van der Waals surface area contributed by atoms with E-state index in [9.17, 15) is 0 Å². The summed E-state index contributed by atoms with van der Waals surface area (Å²) in [5, 5.41) is 10.1. The molecule has 0 saturated carbocycles. The van der Waals surface area contributed by atoms with Crippen molar-refractivity contribution in [3.8, 4) is 6.07 Å². The average Bonchev–Trinajstić information content (AvgIpc) is 2.86. The summed E-state index contributed by atoms with van der Waals surface area (Å²) in [5.41, 5.74) is 1.56. The second-order valence-corrected chi connectivity index (χ2v) is 6.65. The van der Waals surface area contributed by atoms with E-state index in [4.69, 9.17) is 5.26 Å². The molecule has 2 aromatic rings. The van der Waals surface area contributed by atoms with Crippen molar-refractivity contribution < 1.29 is 0 Å². The Morgan fingerprint density at radius 3 is 2.64 bits per heavy atom. The number of nitriles is 1. The van der Waals surface area contributed by atoms with E-state index in [2.05, 4.69) is 44.7 Å². The van der Waals surface area contributed by atoms with Crippen LogP contribution in [0.2, 0.25) is 0 Å². The lowest BCUT2D eigenvalue weighted by Crippen LogP contribution is -2.46. The summed E-state index contributed by atoms with van der Waals surface area (Å²) < 4.78 is 0. The first-order valence-electron chi connectivity index (χ1n) is 7.29. The number of nitrogens with zero attached hydrogens (tertiary/aromatic N) is 6. The Bertz CT molecular complexity index is 677. The Morgan fingerprint density at radius 1 is 1.23 bits per heavy atom. The molecule has 0 aliphatic carbocycles. The molecule has 0 radical (unpaired) electrons. The summed E-state index contributed by atoms with van der Waals surface area (Å²) in [7, 11) is 0. The Labute approximate surface area is 134 Å². The van der Waals surface area contributed by atoms with Crippen LogP contribution in [0.15, 0.2) is 12.3 Å². The summed E-state index contributed by atoms with van der Waals surface area (Å²) >= 11 is 1.78. The van der Waals surface area contributed by atoms with Crippen LogP contribution in [0.25, 0.3) is 0 Å². The van der Waals surface area contributed by atoms with Crippen molar-refractivity contribution in [2.45, 2.75) is 20.4 Å². The van der Waals surface area contributed by atoms with Gasteiger partial charge in [0.2, 0.25) is 5.95 Å². The van der Waals surface area contributed by atoms with Gasteiger partial charge in [0.25, 0.3) is 0 Å². The molecule has 6 nitrogen and oxygen atoms in total. The van der Waals surface area contributed by atoms with Crippen LogP contribution in [0.1, 0.15) is 21.3 Å². The van der Waals surface area contributed by atoms with Gasteiger partial charge in [-0.05, 0) is 19.9 Å². The molecule has 0 amide bonds. The van der Waals surface area contributed by atoms with E-state index in [-0.39, 0.29) is 0 Å². The molecule has 0 atom stereocenters. The minimum Gasteiger partial charge on any atom is -0.338 e. The number of aromatic nitrogens is 3. The first kappa shape index (κ1) is 14.9. The van der Waals surface area contributed by atoms with Crippen molar-refractivity contribution in [2.75, 3.05) is 31.1 Å². The minimum absolute atomic E-state index is 0.418. The molecular weight excluding hydrogens is 296 g/mol. The largest absolute Gasteiger partial charge is 0.338 e. The zero-order valence-electron chi connectivity index (χ0n) is 12.8. The van der Waals surface area contributed by atoms with Crippen LogP contribution >= 0.6 is 11.3 Å². The number of thiazole rings is 1. The third-order valence-electron chi connectivity index (χ3n) is 3.84. The molecule has 1 saturated heterocycles. The van der Waals surface area contributed by atoms with Gasteiger partial charge in [-0.15, -0.1) is 11.3 Å². The van der Waals surface area contributed by atoms with Crippen LogP contribution in [0, 0.1) is 25.2 Å².